The van der Waals surface area contributed by atoms with E-state index in [2.05, 4.69) is 35.2 Å². The van der Waals surface area contributed by atoms with Gasteiger partial charge < -0.3 is 10.6 Å². The number of nitrogens with zero attached hydrogens (tertiary/aromatic N) is 2. The van der Waals surface area contributed by atoms with Gasteiger partial charge in [0.1, 0.15) is 0 Å². The molecule has 2 aliphatic rings. The first-order chi connectivity index (χ1) is 11.6. The second-order valence-electron chi connectivity index (χ2n) is 7.60. The number of benzene rings is 1. The maximum absolute atomic E-state index is 13.0. The zero-order chi connectivity index (χ0) is 17.0. The molecule has 0 bridgehead atoms. The molecule has 0 aromatic heterocycles. The maximum Gasteiger partial charge on any atom is 0.230 e. The lowest BCUT2D eigenvalue weighted by atomic mass is 9.84. The summed E-state index contributed by atoms with van der Waals surface area (Å²) in [4.78, 5) is 17.5. The molecule has 1 aromatic carbocycles. The number of nitrogens with two attached hydrogens (primary N) is 1. The predicted molar refractivity (Wildman–Crippen MR) is 97.5 cm³/mol. The predicted octanol–water partition coefficient (Wildman–Crippen LogP) is 2.63. The van der Waals surface area contributed by atoms with Crippen LogP contribution in [0, 0.1) is 5.41 Å². The minimum absolute atomic E-state index is 0.268. The van der Waals surface area contributed by atoms with Gasteiger partial charge in [-0.25, -0.2) is 0 Å². The Labute approximate surface area is 146 Å². The van der Waals surface area contributed by atoms with Gasteiger partial charge in [-0.3, -0.25) is 9.69 Å². The van der Waals surface area contributed by atoms with Crippen molar-refractivity contribution in [1.82, 2.24) is 9.80 Å². The smallest absolute Gasteiger partial charge is 0.230 e. The van der Waals surface area contributed by atoms with Crippen LogP contribution in [0.3, 0.4) is 0 Å². The highest BCUT2D eigenvalue weighted by molar-refractivity contribution is 5.83. The standard InChI is InChI=1S/C20H31N3O/c1-22(19(24)20(16-21)11-5-6-12-20)18-9-13-23(14-10-18)15-17-7-3-2-4-8-17/h2-4,7-8,18H,5-6,9-16,21H2,1H3. The summed E-state index contributed by atoms with van der Waals surface area (Å²) >= 11 is 0. The quantitative estimate of drug-likeness (QED) is 0.903. The van der Waals surface area contributed by atoms with E-state index in [0.29, 0.717) is 18.5 Å². The summed E-state index contributed by atoms with van der Waals surface area (Å²) in [5.74, 6) is 0.295. The Hall–Kier alpha value is -1.39. The molecule has 0 atom stereocenters. The van der Waals surface area contributed by atoms with Crippen LogP contribution in [-0.4, -0.2) is 48.4 Å². The lowest BCUT2D eigenvalue weighted by Crippen LogP contribution is -2.51. The van der Waals surface area contributed by atoms with Crippen LogP contribution in [0.4, 0.5) is 0 Å². The molecule has 24 heavy (non-hydrogen) atoms. The molecule has 1 saturated heterocycles. The Morgan fingerprint density at radius 3 is 2.42 bits per heavy atom. The van der Waals surface area contributed by atoms with Crippen molar-refractivity contribution in [3.05, 3.63) is 35.9 Å². The molecule has 0 spiro atoms. The summed E-state index contributed by atoms with van der Waals surface area (Å²) in [6, 6.07) is 11.0. The molecule has 1 aromatic rings. The first kappa shape index (κ1) is 17.4. The van der Waals surface area contributed by atoms with E-state index < -0.39 is 0 Å². The van der Waals surface area contributed by atoms with Crippen LogP contribution >= 0.6 is 0 Å². The Bertz CT molecular complexity index is 531. The van der Waals surface area contributed by atoms with Crippen molar-refractivity contribution in [3.63, 3.8) is 0 Å². The highest BCUT2D eigenvalue weighted by Crippen LogP contribution is 2.39. The molecule has 1 aliphatic heterocycles. The first-order valence-corrected chi connectivity index (χ1v) is 9.38. The molecule has 2 N–H and O–H groups in total. The molecule has 1 amide bonds. The molecular formula is C20H31N3O. The van der Waals surface area contributed by atoms with Crippen molar-refractivity contribution >= 4 is 5.91 Å². The Balaban J connectivity index is 1.53. The fraction of sp³-hybridized carbons (Fsp3) is 0.650. The average Bonchev–Trinajstić information content (AvgIpc) is 3.12. The maximum atomic E-state index is 13.0. The van der Waals surface area contributed by atoms with Gasteiger partial charge in [-0.1, -0.05) is 43.2 Å². The number of piperidine rings is 1. The summed E-state index contributed by atoms with van der Waals surface area (Å²) in [6.07, 6.45) is 6.36. The summed E-state index contributed by atoms with van der Waals surface area (Å²) in [6.45, 7) is 3.64. The summed E-state index contributed by atoms with van der Waals surface area (Å²) in [5.41, 5.74) is 7.09. The molecule has 0 radical (unpaired) electrons. The number of amides is 1. The molecule has 1 heterocycles. The SMILES string of the molecule is CN(C(=O)C1(CN)CCCC1)C1CCN(Cc2ccccc2)CC1. The first-order valence-electron chi connectivity index (χ1n) is 9.38. The van der Waals surface area contributed by atoms with E-state index >= 15 is 0 Å². The van der Waals surface area contributed by atoms with Crippen molar-refractivity contribution in [2.75, 3.05) is 26.7 Å². The van der Waals surface area contributed by atoms with Crippen molar-refractivity contribution in [1.29, 1.82) is 0 Å². The lowest BCUT2D eigenvalue weighted by molar-refractivity contribution is -0.143. The van der Waals surface area contributed by atoms with E-state index in [9.17, 15) is 4.79 Å². The summed E-state index contributed by atoms with van der Waals surface area (Å²) < 4.78 is 0. The van der Waals surface area contributed by atoms with Crippen LogP contribution in [0.15, 0.2) is 30.3 Å². The zero-order valence-electron chi connectivity index (χ0n) is 14.9. The highest BCUT2D eigenvalue weighted by atomic mass is 16.2. The van der Waals surface area contributed by atoms with Gasteiger partial charge >= 0.3 is 0 Å². The molecule has 0 unspecified atom stereocenters. The van der Waals surface area contributed by atoms with E-state index in [0.717, 1.165) is 58.2 Å². The van der Waals surface area contributed by atoms with Gasteiger partial charge in [-0.2, -0.15) is 0 Å². The minimum Gasteiger partial charge on any atom is -0.342 e. The van der Waals surface area contributed by atoms with Crippen molar-refractivity contribution in [2.24, 2.45) is 11.1 Å². The van der Waals surface area contributed by atoms with Crippen molar-refractivity contribution < 1.29 is 4.79 Å². The van der Waals surface area contributed by atoms with Gasteiger partial charge in [0.2, 0.25) is 5.91 Å². The van der Waals surface area contributed by atoms with Crippen LogP contribution in [0.1, 0.15) is 44.1 Å². The molecule has 4 heteroatoms. The van der Waals surface area contributed by atoms with E-state index in [1.165, 1.54) is 5.56 Å². The fourth-order valence-corrected chi connectivity index (χ4v) is 4.40. The second kappa shape index (κ2) is 7.66. The Morgan fingerprint density at radius 1 is 1.21 bits per heavy atom. The Morgan fingerprint density at radius 2 is 1.83 bits per heavy atom. The minimum atomic E-state index is -0.268. The third-order valence-corrected chi connectivity index (χ3v) is 6.08. The van der Waals surface area contributed by atoms with Crippen LogP contribution in [-0.2, 0) is 11.3 Å². The van der Waals surface area contributed by atoms with E-state index in [1.807, 2.05) is 11.9 Å². The fourth-order valence-electron chi connectivity index (χ4n) is 4.40. The topological polar surface area (TPSA) is 49.6 Å². The van der Waals surface area contributed by atoms with Crippen LogP contribution in [0.2, 0.25) is 0 Å². The van der Waals surface area contributed by atoms with Crippen LogP contribution < -0.4 is 5.73 Å². The highest BCUT2D eigenvalue weighted by Gasteiger charge is 2.43. The van der Waals surface area contributed by atoms with Crippen LogP contribution in [0.5, 0.6) is 0 Å². The number of carbonyl (C=O) groups is 1. The molecular weight excluding hydrogens is 298 g/mol. The number of hydrogen-bond donors (Lipinski definition) is 1. The molecule has 1 aliphatic carbocycles. The number of carbonyl (C=O) groups excluding carboxylic acids is 1. The summed E-state index contributed by atoms with van der Waals surface area (Å²) in [7, 11) is 2.00. The van der Waals surface area contributed by atoms with Crippen molar-refractivity contribution in [2.45, 2.75) is 51.1 Å². The van der Waals surface area contributed by atoms with Crippen LogP contribution in [0.25, 0.3) is 0 Å². The van der Waals surface area contributed by atoms with Gasteiger partial charge in [0.05, 0.1) is 5.41 Å². The number of hydrogen-bond acceptors (Lipinski definition) is 3. The van der Waals surface area contributed by atoms with E-state index in [1.54, 1.807) is 0 Å². The van der Waals surface area contributed by atoms with Gasteiger partial charge in [-0.15, -0.1) is 0 Å². The van der Waals surface area contributed by atoms with Gasteiger partial charge in [0.15, 0.2) is 0 Å². The molecule has 1 saturated carbocycles. The summed E-state index contributed by atoms with van der Waals surface area (Å²) in [5, 5.41) is 0. The van der Waals surface area contributed by atoms with Gasteiger partial charge in [0.25, 0.3) is 0 Å². The molecule has 132 valence electrons. The second-order valence-corrected chi connectivity index (χ2v) is 7.60. The third kappa shape index (κ3) is 3.65. The monoisotopic (exact) mass is 329 g/mol. The zero-order valence-corrected chi connectivity index (χ0v) is 14.9. The lowest BCUT2D eigenvalue weighted by Gasteiger charge is -2.40. The number of likely N-dealkylation sites (tertiary alicyclic amines) is 1. The Kier molecular flexibility index (Phi) is 5.57. The average molecular weight is 329 g/mol. The van der Waals surface area contributed by atoms with Crippen molar-refractivity contribution in [3.8, 4) is 0 Å². The van der Waals surface area contributed by atoms with Gasteiger partial charge in [-0.05, 0) is 31.2 Å². The molecule has 3 rings (SSSR count). The molecule has 2 fully saturated rings. The molecule has 4 nitrogen and oxygen atoms in total. The largest absolute Gasteiger partial charge is 0.342 e. The van der Waals surface area contributed by atoms with E-state index in [4.69, 9.17) is 5.73 Å². The van der Waals surface area contributed by atoms with Gasteiger partial charge in [0, 0.05) is 39.3 Å². The number of rotatable bonds is 5. The normalized spacial score (nSPS) is 21.8. The third-order valence-electron chi connectivity index (χ3n) is 6.08. The van der Waals surface area contributed by atoms with E-state index in [-0.39, 0.29) is 5.41 Å².